The summed E-state index contributed by atoms with van der Waals surface area (Å²) in [7, 11) is 3.67. The Morgan fingerprint density at radius 3 is 2.76 bits per heavy atom. The normalized spacial score (nSPS) is 42.5. The molecule has 3 fully saturated rings. The fourth-order valence-electron chi connectivity index (χ4n) is 5.16. The summed E-state index contributed by atoms with van der Waals surface area (Å²) in [6, 6.07) is 0.432. The molecule has 2 N–H and O–H groups in total. The van der Waals surface area contributed by atoms with Gasteiger partial charge in [-0.15, -0.1) is 0 Å². The fourth-order valence-corrected chi connectivity index (χ4v) is 5.16. The van der Waals surface area contributed by atoms with Crippen LogP contribution in [-0.2, 0) is 9.53 Å². The van der Waals surface area contributed by atoms with E-state index in [0.29, 0.717) is 6.04 Å². The van der Waals surface area contributed by atoms with Gasteiger partial charge < -0.3 is 15.4 Å². The standard InChI is InChI=1S/C17H30N2O2/c1-19(11-14-9-12-5-6-13(14)8-12)15-4-3-7-17(18,10-15)16(20)21-2/h12-15H,3-11,18H2,1-2H3. The second-order valence-corrected chi connectivity index (χ2v) is 7.77. The monoisotopic (exact) mass is 294 g/mol. The molecule has 0 amide bonds. The highest BCUT2D eigenvalue weighted by Crippen LogP contribution is 2.48. The average Bonchev–Trinajstić information content (AvgIpc) is 3.09. The van der Waals surface area contributed by atoms with E-state index in [9.17, 15) is 4.79 Å². The van der Waals surface area contributed by atoms with Crippen LogP contribution in [0.3, 0.4) is 0 Å². The Labute approximate surface area is 128 Å². The largest absolute Gasteiger partial charge is 0.468 e. The predicted octanol–water partition coefficient (Wildman–Crippen LogP) is 2.17. The molecule has 4 heteroatoms. The van der Waals surface area contributed by atoms with Gasteiger partial charge in [-0.05, 0) is 69.7 Å². The molecule has 0 radical (unpaired) electrons. The van der Waals surface area contributed by atoms with Crippen molar-refractivity contribution in [2.24, 2.45) is 23.5 Å². The summed E-state index contributed by atoms with van der Waals surface area (Å²) in [4.78, 5) is 14.4. The number of carbonyl (C=O) groups is 1. The molecule has 5 atom stereocenters. The molecule has 0 saturated heterocycles. The lowest BCUT2D eigenvalue weighted by Gasteiger charge is -2.41. The summed E-state index contributed by atoms with van der Waals surface area (Å²) in [6.45, 7) is 1.18. The topological polar surface area (TPSA) is 55.6 Å². The molecule has 4 nitrogen and oxygen atoms in total. The maximum Gasteiger partial charge on any atom is 0.325 e. The molecule has 3 rings (SSSR count). The van der Waals surface area contributed by atoms with Gasteiger partial charge in [0.05, 0.1) is 7.11 Å². The summed E-state index contributed by atoms with van der Waals surface area (Å²) in [5.74, 6) is 2.61. The first-order valence-electron chi connectivity index (χ1n) is 8.59. The summed E-state index contributed by atoms with van der Waals surface area (Å²) in [5.41, 5.74) is 5.55. The second kappa shape index (κ2) is 5.88. The van der Waals surface area contributed by atoms with Gasteiger partial charge in [-0.2, -0.15) is 0 Å². The van der Waals surface area contributed by atoms with Crippen molar-refractivity contribution in [3.63, 3.8) is 0 Å². The Kier molecular flexibility index (Phi) is 4.28. The van der Waals surface area contributed by atoms with E-state index in [2.05, 4.69) is 11.9 Å². The van der Waals surface area contributed by atoms with Crippen molar-refractivity contribution in [3.8, 4) is 0 Å². The molecule has 0 heterocycles. The third kappa shape index (κ3) is 2.98. The molecule has 0 spiro atoms. The number of hydrogen-bond acceptors (Lipinski definition) is 4. The maximum atomic E-state index is 11.9. The van der Waals surface area contributed by atoms with Crippen molar-refractivity contribution in [2.75, 3.05) is 20.7 Å². The molecule has 3 aliphatic rings. The Morgan fingerprint density at radius 1 is 1.33 bits per heavy atom. The van der Waals surface area contributed by atoms with Crippen LogP contribution in [0.1, 0.15) is 51.4 Å². The molecular formula is C17H30N2O2. The first-order chi connectivity index (χ1) is 10.0. The van der Waals surface area contributed by atoms with Gasteiger partial charge in [0.15, 0.2) is 0 Å². The van der Waals surface area contributed by atoms with E-state index in [1.807, 2.05) is 0 Å². The Bertz CT molecular complexity index is 400. The van der Waals surface area contributed by atoms with E-state index in [1.54, 1.807) is 0 Å². The van der Waals surface area contributed by atoms with Crippen LogP contribution in [0, 0.1) is 17.8 Å². The molecule has 3 aliphatic carbocycles. The van der Waals surface area contributed by atoms with E-state index in [1.165, 1.54) is 39.3 Å². The van der Waals surface area contributed by atoms with Crippen LogP contribution < -0.4 is 5.73 Å². The van der Waals surface area contributed by atoms with Crippen molar-refractivity contribution in [3.05, 3.63) is 0 Å². The molecule has 2 bridgehead atoms. The number of methoxy groups -OCH3 is 1. The van der Waals surface area contributed by atoms with Crippen molar-refractivity contribution in [1.29, 1.82) is 0 Å². The van der Waals surface area contributed by atoms with Gasteiger partial charge in [-0.3, -0.25) is 4.79 Å². The van der Waals surface area contributed by atoms with Gasteiger partial charge in [-0.1, -0.05) is 6.42 Å². The first-order valence-corrected chi connectivity index (χ1v) is 8.59. The second-order valence-electron chi connectivity index (χ2n) is 7.77. The summed E-state index contributed by atoms with van der Waals surface area (Å²) < 4.78 is 4.91. The highest BCUT2D eigenvalue weighted by molar-refractivity contribution is 5.80. The third-order valence-corrected chi connectivity index (χ3v) is 6.38. The highest BCUT2D eigenvalue weighted by Gasteiger charge is 2.43. The van der Waals surface area contributed by atoms with E-state index in [0.717, 1.165) is 43.4 Å². The van der Waals surface area contributed by atoms with Crippen LogP contribution in [0.2, 0.25) is 0 Å². The zero-order chi connectivity index (χ0) is 15.0. The van der Waals surface area contributed by atoms with Crippen LogP contribution in [0.4, 0.5) is 0 Å². The average molecular weight is 294 g/mol. The zero-order valence-corrected chi connectivity index (χ0v) is 13.5. The lowest BCUT2D eigenvalue weighted by Crippen LogP contribution is -2.56. The number of rotatable bonds is 4. The van der Waals surface area contributed by atoms with Crippen molar-refractivity contribution in [2.45, 2.75) is 62.9 Å². The fraction of sp³-hybridized carbons (Fsp3) is 0.941. The summed E-state index contributed by atoms with van der Waals surface area (Å²) in [5, 5.41) is 0. The van der Waals surface area contributed by atoms with Crippen molar-refractivity contribution in [1.82, 2.24) is 4.90 Å². The molecule has 0 aromatic rings. The number of esters is 1. The first kappa shape index (κ1) is 15.3. The lowest BCUT2D eigenvalue weighted by atomic mass is 9.78. The van der Waals surface area contributed by atoms with Crippen molar-refractivity contribution >= 4 is 5.97 Å². The summed E-state index contributed by atoms with van der Waals surface area (Å²) >= 11 is 0. The Morgan fingerprint density at radius 2 is 2.14 bits per heavy atom. The highest BCUT2D eigenvalue weighted by atomic mass is 16.5. The minimum atomic E-state index is -0.763. The van der Waals surface area contributed by atoms with Crippen LogP contribution in [0.5, 0.6) is 0 Å². The van der Waals surface area contributed by atoms with Gasteiger partial charge in [0.25, 0.3) is 0 Å². The number of fused-ring (bicyclic) bond motifs is 2. The maximum absolute atomic E-state index is 11.9. The van der Waals surface area contributed by atoms with Crippen molar-refractivity contribution < 1.29 is 9.53 Å². The van der Waals surface area contributed by atoms with Gasteiger partial charge in [-0.25, -0.2) is 0 Å². The third-order valence-electron chi connectivity index (χ3n) is 6.38. The molecule has 0 aliphatic heterocycles. The Balaban J connectivity index is 1.57. The van der Waals surface area contributed by atoms with Crippen LogP contribution in [0.15, 0.2) is 0 Å². The zero-order valence-electron chi connectivity index (χ0n) is 13.5. The number of ether oxygens (including phenoxy) is 1. The van der Waals surface area contributed by atoms with Gasteiger partial charge >= 0.3 is 5.97 Å². The minimum absolute atomic E-state index is 0.236. The van der Waals surface area contributed by atoms with Gasteiger partial charge in [0.1, 0.15) is 5.54 Å². The van der Waals surface area contributed by atoms with Crippen LogP contribution in [-0.4, -0.2) is 43.2 Å². The molecule has 5 unspecified atom stereocenters. The molecule has 3 saturated carbocycles. The molecule has 0 aromatic carbocycles. The molecular weight excluding hydrogens is 264 g/mol. The molecule has 21 heavy (non-hydrogen) atoms. The lowest BCUT2D eigenvalue weighted by molar-refractivity contribution is -0.149. The molecule has 120 valence electrons. The van der Waals surface area contributed by atoms with Gasteiger partial charge in [0.2, 0.25) is 0 Å². The minimum Gasteiger partial charge on any atom is -0.468 e. The van der Waals surface area contributed by atoms with E-state index >= 15 is 0 Å². The summed E-state index contributed by atoms with van der Waals surface area (Å²) in [6.07, 6.45) is 9.48. The van der Waals surface area contributed by atoms with Crippen LogP contribution in [0.25, 0.3) is 0 Å². The Hall–Kier alpha value is -0.610. The van der Waals surface area contributed by atoms with E-state index in [4.69, 9.17) is 10.5 Å². The molecule has 0 aromatic heterocycles. The smallest absolute Gasteiger partial charge is 0.325 e. The number of nitrogens with zero attached hydrogens (tertiary/aromatic N) is 1. The SMILES string of the molecule is COC(=O)C1(N)CCCC(N(C)CC2CC3CCC2C3)C1. The van der Waals surface area contributed by atoms with E-state index < -0.39 is 5.54 Å². The number of carbonyl (C=O) groups excluding carboxylic acids is 1. The predicted molar refractivity (Wildman–Crippen MR) is 82.8 cm³/mol. The quantitative estimate of drug-likeness (QED) is 0.807. The van der Waals surface area contributed by atoms with Crippen LogP contribution >= 0.6 is 0 Å². The van der Waals surface area contributed by atoms with E-state index in [-0.39, 0.29) is 5.97 Å². The number of nitrogens with two attached hydrogens (primary N) is 1. The number of hydrogen-bond donors (Lipinski definition) is 1. The van der Waals surface area contributed by atoms with Gasteiger partial charge in [0, 0.05) is 12.6 Å².